The van der Waals surface area contributed by atoms with Crippen LogP contribution < -0.4 is 28.6 Å². The van der Waals surface area contributed by atoms with Gasteiger partial charge in [-0.1, -0.05) is 36.7 Å². The number of amides is 2. The zero-order chi connectivity index (χ0) is 33.3. The lowest BCUT2D eigenvalue weighted by atomic mass is 10.1. The van der Waals surface area contributed by atoms with Crippen LogP contribution in [0.1, 0.15) is 32.8 Å². The van der Waals surface area contributed by atoms with Gasteiger partial charge in [-0.05, 0) is 56.2 Å². The van der Waals surface area contributed by atoms with E-state index < -0.39 is 34.4 Å². The van der Waals surface area contributed by atoms with E-state index in [1.165, 1.54) is 57.6 Å². The number of sulfonamides is 1. The first-order chi connectivity index (χ1) is 21.4. The van der Waals surface area contributed by atoms with E-state index >= 15 is 0 Å². The highest BCUT2D eigenvalue weighted by Crippen LogP contribution is 2.38. The van der Waals surface area contributed by atoms with Crippen molar-refractivity contribution >= 4 is 39.1 Å². The van der Waals surface area contributed by atoms with Crippen LogP contribution in [0.5, 0.6) is 23.0 Å². The molecule has 3 aromatic rings. The molecule has 2 amide bonds. The van der Waals surface area contributed by atoms with Gasteiger partial charge in [0.2, 0.25) is 11.8 Å². The molecule has 244 valence electrons. The van der Waals surface area contributed by atoms with Crippen LogP contribution in [0.15, 0.2) is 65.6 Å². The Bertz CT molecular complexity index is 1600. The number of methoxy groups -OCH3 is 4. The Morgan fingerprint density at radius 3 is 2.11 bits per heavy atom. The number of carbonyl (C=O) groups is 2. The van der Waals surface area contributed by atoms with Crippen molar-refractivity contribution < 1.29 is 37.0 Å². The average molecular weight is 662 g/mol. The van der Waals surface area contributed by atoms with Crippen LogP contribution in [0.25, 0.3) is 0 Å². The summed E-state index contributed by atoms with van der Waals surface area (Å²) in [7, 11) is 1.19. The van der Waals surface area contributed by atoms with Gasteiger partial charge in [0, 0.05) is 29.7 Å². The summed E-state index contributed by atoms with van der Waals surface area (Å²) in [5, 5.41) is 3.30. The molecule has 0 aliphatic heterocycles. The van der Waals surface area contributed by atoms with Crippen molar-refractivity contribution in [2.75, 3.05) is 39.3 Å². The molecule has 0 fully saturated rings. The molecule has 0 aliphatic carbocycles. The van der Waals surface area contributed by atoms with Crippen molar-refractivity contribution in [2.24, 2.45) is 0 Å². The quantitative estimate of drug-likeness (QED) is 0.244. The van der Waals surface area contributed by atoms with Crippen molar-refractivity contribution in [3.8, 4) is 23.0 Å². The Hall–Kier alpha value is -4.16. The Kier molecular flexibility index (Phi) is 12.3. The summed E-state index contributed by atoms with van der Waals surface area (Å²) < 4.78 is 51.2. The molecule has 0 saturated heterocycles. The Labute approximate surface area is 270 Å². The van der Waals surface area contributed by atoms with E-state index in [-0.39, 0.29) is 34.7 Å². The van der Waals surface area contributed by atoms with Gasteiger partial charge >= 0.3 is 0 Å². The molecule has 3 rings (SSSR count). The van der Waals surface area contributed by atoms with E-state index in [0.717, 1.165) is 4.31 Å². The monoisotopic (exact) mass is 661 g/mol. The summed E-state index contributed by atoms with van der Waals surface area (Å²) in [5.41, 5.74) is 0.637. The van der Waals surface area contributed by atoms with Crippen LogP contribution >= 0.6 is 11.6 Å². The fourth-order valence-corrected chi connectivity index (χ4v) is 6.10. The van der Waals surface area contributed by atoms with Crippen LogP contribution in [-0.2, 0) is 26.2 Å². The molecule has 0 heterocycles. The number of nitrogens with one attached hydrogen (secondary N) is 1. The molecule has 3 aromatic carbocycles. The standard InChI is InChI=1S/C32H40ClN3O8S/c1-8-21(2)34-32(38)22(3)35(19-23-11-9-10-12-26(23)33)31(37)20-36(27-17-24(41-4)13-15-28(27)42-5)45(39,40)25-14-16-29(43-6)30(18-25)44-7/h9-18,21-22H,8,19-20H2,1-7H3,(H,34,38)/t21-,22-/m0/s1. The maximum atomic E-state index is 14.4. The molecule has 45 heavy (non-hydrogen) atoms. The summed E-state index contributed by atoms with van der Waals surface area (Å²) in [6, 6.07) is 14.6. The first-order valence-electron chi connectivity index (χ1n) is 14.2. The second-order valence-corrected chi connectivity index (χ2v) is 12.4. The van der Waals surface area contributed by atoms with Crippen molar-refractivity contribution in [1.82, 2.24) is 10.2 Å². The molecule has 13 heteroatoms. The van der Waals surface area contributed by atoms with Gasteiger partial charge in [0.1, 0.15) is 24.1 Å². The van der Waals surface area contributed by atoms with Crippen molar-refractivity contribution in [2.45, 2.75) is 50.7 Å². The van der Waals surface area contributed by atoms with Gasteiger partial charge in [0.25, 0.3) is 10.0 Å². The third kappa shape index (κ3) is 8.31. The molecular formula is C32H40ClN3O8S. The van der Waals surface area contributed by atoms with Gasteiger partial charge in [-0.25, -0.2) is 8.42 Å². The lowest BCUT2D eigenvalue weighted by molar-refractivity contribution is -0.139. The number of hydrogen-bond donors (Lipinski definition) is 1. The Morgan fingerprint density at radius 1 is 0.867 bits per heavy atom. The molecule has 0 aromatic heterocycles. The molecule has 0 saturated carbocycles. The van der Waals surface area contributed by atoms with Crippen LogP contribution in [0.3, 0.4) is 0 Å². The molecule has 0 bridgehead atoms. The predicted molar refractivity (Wildman–Crippen MR) is 173 cm³/mol. The van der Waals surface area contributed by atoms with E-state index in [4.69, 9.17) is 30.5 Å². The van der Waals surface area contributed by atoms with E-state index in [1.807, 2.05) is 13.8 Å². The molecular weight excluding hydrogens is 622 g/mol. The van der Waals surface area contributed by atoms with Crippen LogP contribution in [-0.4, -0.2) is 72.2 Å². The summed E-state index contributed by atoms with van der Waals surface area (Å²) in [5.74, 6) is -0.0373. The minimum atomic E-state index is -4.46. The van der Waals surface area contributed by atoms with E-state index in [1.54, 1.807) is 43.3 Å². The Balaban J connectivity index is 2.18. The van der Waals surface area contributed by atoms with Gasteiger partial charge in [-0.2, -0.15) is 0 Å². The minimum Gasteiger partial charge on any atom is -0.497 e. The topological polar surface area (TPSA) is 124 Å². The average Bonchev–Trinajstić information content (AvgIpc) is 3.05. The smallest absolute Gasteiger partial charge is 0.265 e. The van der Waals surface area contributed by atoms with Crippen LogP contribution in [0.4, 0.5) is 5.69 Å². The maximum Gasteiger partial charge on any atom is 0.265 e. The van der Waals surface area contributed by atoms with E-state index in [2.05, 4.69) is 5.32 Å². The number of carbonyl (C=O) groups excluding carboxylic acids is 2. The second kappa shape index (κ2) is 15.7. The van der Waals surface area contributed by atoms with Gasteiger partial charge < -0.3 is 29.2 Å². The number of nitrogens with zero attached hydrogens (tertiary/aromatic N) is 2. The van der Waals surface area contributed by atoms with Gasteiger partial charge in [-0.3, -0.25) is 13.9 Å². The molecule has 0 spiro atoms. The lowest BCUT2D eigenvalue weighted by Gasteiger charge is -2.33. The highest BCUT2D eigenvalue weighted by atomic mass is 35.5. The zero-order valence-electron chi connectivity index (χ0n) is 26.5. The molecule has 1 N–H and O–H groups in total. The summed E-state index contributed by atoms with van der Waals surface area (Å²) >= 11 is 6.45. The SMILES string of the molecule is CC[C@H](C)NC(=O)[C@H](C)N(Cc1ccccc1Cl)C(=O)CN(c1cc(OC)ccc1OC)S(=O)(=O)c1ccc(OC)c(OC)c1. The number of halogens is 1. The summed E-state index contributed by atoms with van der Waals surface area (Å²) in [4.78, 5) is 28.7. The highest BCUT2D eigenvalue weighted by Gasteiger charge is 2.35. The van der Waals surface area contributed by atoms with Crippen molar-refractivity contribution in [3.05, 3.63) is 71.2 Å². The number of hydrogen-bond acceptors (Lipinski definition) is 8. The largest absolute Gasteiger partial charge is 0.497 e. The first kappa shape index (κ1) is 35.3. The van der Waals surface area contributed by atoms with Gasteiger partial charge in [0.15, 0.2) is 11.5 Å². The highest BCUT2D eigenvalue weighted by molar-refractivity contribution is 7.92. The third-order valence-electron chi connectivity index (χ3n) is 7.34. The fourth-order valence-electron chi connectivity index (χ4n) is 4.47. The minimum absolute atomic E-state index is 0.0485. The second-order valence-electron chi connectivity index (χ2n) is 10.2. The van der Waals surface area contributed by atoms with E-state index in [9.17, 15) is 18.0 Å². The number of ether oxygens (including phenoxy) is 4. The predicted octanol–water partition coefficient (Wildman–Crippen LogP) is 4.90. The van der Waals surface area contributed by atoms with Crippen LogP contribution in [0, 0.1) is 0 Å². The summed E-state index contributed by atoms with van der Waals surface area (Å²) in [6.07, 6.45) is 0.684. The van der Waals surface area contributed by atoms with Gasteiger partial charge in [-0.15, -0.1) is 0 Å². The van der Waals surface area contributed by atoms with Crippen LogP contribution in [0.2, 0.25) is 5.02 Å². The summed E-state index contributed by atoms with van der Waals surface area (Å²) in [6.45, 7) is 4.64. The van der Waals surface area contributed by atoms with Crippen molar-refractivity contribution in [3.63, 3.8) is 0 Å². The van der Waals surface area contributed by atoms with Gasteiger partial charge in [0.05, 0.1) is 39.0 Å². The molecule has 0 aliphatic rings. The lowest BCUT2D eigenvalue weighted by Crippen LogP contribution is -2.52. The Morgan fingerprint density at radius 2 is 1.51 bits per heavy atom. The molecule has 2 atom stereocenters. The molecule has 0 unspecified atom stereocenters. The molecule has 11 nitrogen and oxygen atoms in total. The number of anilines is 1. The van der Waals surface area contributed by atoms with Crippen molar-refractivity contribution in [1.29, 1.82) is 0 Å². The maximum absolute atomic E-state index is 14.4. The zero-order valence-corrected chi connectivity index (χ0v) is 28.1. The third-order valence-corrected chi connectivity index (χ3v) is 9.47. The fraction of sp³-hybridized carbons (Fsp3) is 0.375. The number of benzene rings is 3. The molecule has 0 radical (unpaired) electrons. The normalized spacial score (nSPS) is 12.4. The van der Waals surface area contributed by atoms with E-state index in [0.29, 0.717) is 28.5 Å². The number of rotatable bonds is 15. The first-order valence-corrected chi connectivity index (χ1v) is 16.0.